The molecule has 0 aliphatic carbocycles. The Hall–Kier alpha value is -3.71. The van der Waals surface area contributed by atoms with Gasteiger partial charge in [-0.1, -0.05) is 42.5 Å². The lowest BCUT2D eigenvalue weighted by molar-refractivity contribution is 0.0989. The molecular formula is C24H22FN3O3. The van der Waals surface area contributed by atoms with Crippen LogP contribution in [0.5, 0.6) is 0 Å². The van der Waals surface area contributed by atoms with Gasteiger partial charge >= 0.3 is 6.03 Å². The summed E-state index contributed by atoms with van der Waals surface area (Å²) >= 11 is 0. The maximum absolute atomic E-state index is 13.7. The molecule has 0 bridgehead atoms. The molecule has 1 aliphatic heterocycles. The first-order chi connectivity index (χ1) is 15.0. The van der Waals surface area contributed by atoms with Crippen molar-refractivity contribution in [3.63, 3.8) is 0 Å². The molecule has 3 N–H and O–H groups in total. The molecule has 0 spiro atoms. The lowest BCUT2D eigenvalue weighted by Gasteiger charge is -2.18. The minimum absolute atomic E-state index is 0.112. The van der Waals surface area contributed by atoms with Gasteiger partial charge in [-0.3, -0.25) is 4.79 Å². The SMILES string of the molecule is O=C(NCC(O)c1ccccc1F)Nc1cccc(C(=O)N2CCc3ccccc32)c1. The Labute approximate surface area is 179 Å². The first-order valence-electron chi connectivity index (χ1n) is 10.00. The summed E-state index contributed by atoms with van der Waals surface area (Å²) in [6, 6.07) is 19.8. The van der Waals surface area contributed by atoms with E-state index in [0.717, 1.165) is 17.7 Å². The zero-order chi connectivity index (χ0) is 21.8. The number of rotatable bonds is 5. The fraction of sp³-hybridized carbons (Fsp3) is 0.167. The van der Waals surface area contributed by atoms with Crippen LogP contribution in [0.4, 0.5) is 20.6 Å². The highest BCUT2D eigenvalue weighted by Crippen LogP contribution is 2.29. The summed E-state index contributed by atoms with van der Waals surface area (Å²) in [5.74, 6) is -0.670. The van der Waals surface area contributed by atoms with Crippen molar-refractivity contribution >= 4 is 23.3 Å². The number of carbonyl (C=O) groups excluding carboxylic acids is 2. The maximum Gasteiger partial charge on any atom is 0.319 e. The van der Waals surface area contributed by atoms with Crippen molar-refractivity contribution in [1.29, 1.82) is 0 Å². The van der Waals surface area contributed by atoms with Gasteiger partial charge < -0.3 is 20.6 Å². The summed E-state index contributed by atoms with van der Waals surface area (Å²) in [5.41, 5.74) is 3.06. The molecule has 3 aromatic carbocycles. The van der Waals surface area contributed by atoms with Gasteiger partial charge in [-0.25, -0.2) is 9.18 Å². The van der Waals surface area contributed by atoms with Crippen LogP contribution in [0, 0.1) is 5.82 Å². The number of carbonyl (C=O) groups is 2. The Morgan fingerprint density at radius 1 is 1.03 bits per heavy atom. The van der Waals surface area contributed by atoms with Crippen LogP contribution in [0.1, 0.15) is 27.6 Å². The van der Waals surface area contributed by atoms with Crippen molar-refractivity contribution in [2.24, 2.45) is 0 Å². The maximum atomic E-state index is 13.7. The first kappa shape index (κ1) is 20.6. The van der Waals surface area contributed by atoms with Crippen LogP contribution in [-0.2, 0) is 6.42 Å². The highest BCUT2D eigenvalue weighted by molar-refractivity contribution is 6.08. The zero-order valence-corrected chi connectivity index (χ0v) is 16.7. The summed E-state index contributed by atoms with van der Waals surface area (Å²) in [5, 5.41) is 15.3. The van der Waals surface area contributed by atoms with Gasteiger partial charge in [0.2, 0.25) is 0 Å². The van der Waals surface area contributed by atoms with Crippen LogP contribution in [0.2, 0.25) is 0 Å². The zero-order valence-electron chi connectivity index (χ0n) is 16.7. The summed E-state index contributed by atoms with van der Waals surface area (Å²) in [6.45, 7) is 0.459. The van der Waals surface area contributed by atoms with Crippen LogP contribution < -0.4 is 15.5 Å². The van der Waals surface area contributed by atoms with E-state index in [1.54, 1.807) is 35.2 Å². The van der Waals surface area contributed by atoms with Crippen molar-refractivity contribution < 1.29 is 19.1 Å². The number of hydrogen-bond donors (Lipinski definition) is 3. The van der Waals surface area contributed by atoms with Crippen LogP contribution in [0.3, 0.4) is 0 Å². The monoisotopic (exact) mass is 419 g/mol. The summed E-state index contributed by atoms with van der Waals surface area (Å²) in [6.07, 6.45) is -0.359. The fourth-order valence-corrected chi connectivity index (χ4v) is 3.65. The predicted octanol–water partition coefficient (Wildman–Crippen LogP) is 3.88. The number of nitrogens with zero attached hydrogens (tertiary/aromatic N) is 1. The van der Waals surface area contributed by atoms with Gasteiger partial charge in [-0.15, -0.1) is 0 Å². The van der Waals surface area contributed by atoms with E-state index in [2.05, 4.69) is 10.6 Å². The highest BCUT2D eigenvalue weighted by atomic mass is 19.1. The minimum atomic E-state index is -1.17. The standard InChI is InChI=1S/C24H22FN3O3/c25-20-10-3-2-9-19(20)22(29)15-26-24(31)27-18-8-5-7-17(14-18)23(30)28-13-12-16-6-1-4-11-21(16)28/h1-11,14,22,29H,12-13,15H2,(H2,26,27,31). The molecular weight excluding hydrogens is 397 g/mol. The number of benzene rings is 3. The number of fused-ring (bicyclic) bond motifs is 1. The van der Waals surface area contributed by atoms with Gasteiger partial charge in [0.1, 0.15) is 5.82 Å². The van der Waals surface area contributed by atoms with Crippen molar-refractivity contribution in [1.82, 2.24) is 5.32 Å². The van der Waals surface area contributed by atoms with E-state index in [1.807, 2.05) is 24.3 Å². The number of anilines is 2. The number of amides is 3. The Bertz CT molecular complexity index is 1120. The molecule has 3 amide bonds. The van der Waals surface area contributed by atoms with Crippen molar-refractivity contribution in [3.8, 4) is 0 Å². The van der Waals surface area contributed by atoms with Crippen LogP contribution >= 0.6 is 0 Å². The lowest BCUT2D eigenvalue weighted by Crippen LogP contribution is -2.33. The van der Waals surface area contributed by atoms with Gasteiger partial charge in [-0.05, 0) is 42.3 Å². The van der Waals surface area contributed by atoms with Crippen LogP contribution in [0.15, 0.2) is 72.8 Å². The molecule has 0 saturated heterocycles. The molecule has 0 aromatic heterocycles. The second-order valence-electron chi connectivity index (χ2n) is 7.29. The van der Waals surface area contributed by atoms with E-state index in [9.17, 15) is 19.1 Å². The molecule has 7 heteroatoms. The van der Waals surface area contributed by atoms with Gasteiger partial charge in [0, 0.05) is 35.6 Å². The molecule has 1 atom stereocenters. The Morgan fingerprint density at radius 2 is 1.81 bits per heavy atom. The molecule has 31 heavy (non-hydrogen) atoms. The fourth-order valence-electron chi connectivity index (χ4n) is 3.65. The Morgan fingerprint density at radius 3 is 2.65 bits per heavy atom. The number of nitrogens with one attached hydrogen (secondary N) is 2. The highest BCUT2D eigenvalue weighted by Gasteiger charge is 2.25. The molecule has 0 fully saturated rings. The molecule has 0 radical (unpaired) electrons. The van der Waals surface area contributed by atoms with E-state index in [4.69, 9.17) is 0 Å². The van der Waals surface area contributed by atoms with E-state index < -0.39 is 18.0 Å². The molecule has 158 valence electrons. The van der Waals surface area contributed by atoms with Crippen molar-refractivity contribution in [2.75, 3.05) is 23.3 Å². The molecule has 1 unspecified atom stereocenters. The number of para-hydroxylation sites is 1. The molecule has 0 saturated carbocycles. The molecule has 1 aliphatic rings. The van der Waals surface area contributed by atoms with Gasteiger partial charge in [0.25, 0.3) is 5.91 Å². The third-order valence-electron chi connectivity index (χ3n) is 5.22. The van der Waals surface area contributed by atoms with E-state index >= 15 is 0 Å². The second-order valence-corrected chi connectivity index (χ2v) is 7.29. The minimum Gasteiger partial charge on any atom is -0.386 e. The predicted molar refractivity (Wildman–Crippen MR) is 117 cm³/mol. The third-order valence-corrected chi connectivity index (χ3v) is 5.22. The normalized spacial score (nSPS) is 13.4. The van der Waals surface area contributed by atoms with Crippen molar-refractivity contribution in [2.45, 2.75) is 12.5 Å². The lowest BCUT2D eigenvalue weighted by atomic mass is 10.1. The average molecular weight is 419 g/mol. The first-order valence-corrected chi connectivity index (χ1v) is 10.00. The average Bonchev–Trinajstić information content (AvgIpc) is 3.21. The number of aliphatic hydroxyl groups excluding tert-OH is 1. The summed E-state index contributed by atoms with van der Waals surface area (Å²) in [4.78, 5) is 26.9. The number of hydrogen-bond acceptors (Lipinski definition) is 3. The van der Waals surface area contributed by atoms with Crippen LogP contribution in [-0.4, -0.2) is 30.1 Å². The molecule has 6 nitrogen and oxygen atoms in total. The Kier molecular flexibility index (Phi) is 5.95. The quantitative estimate of drug-likeness (QED) is 0.587. The molecule has 3 aromatic rings. The second kappa shape index (κ2) is 8.97. The van der Waals surface area contributed by atoms with E-state index in [1.165, 1.54) is 18.2 Å². The smallest absolute Gasteiger partial charge is 0.319 e. The molecule has 1 heterocycles. The number of urea groups is 1. The Balaban J connectivity index is 1.38. The van der Waals surface area contributed by atoms with Crippen LogP contribution in [0.25, 0.3) is 0 Å². The molecule has 4 rings (SSSR count). The van der Waals surface area contributed by atoms with Gasteiger partial charge in [0.15, 0.2) is 0 Å². The topological polar surface area (TPSA) is 81.7 Å². The van der Waals surface area contributed by atoms with E-state index in [0.29, 0.717) is 17.8 Å². The van der Waals surface area contributed by atoms with Crippen molar-refractivity contribution in [3.05, 3.63) is 95.3 Å². The largest absolute Gasteiger partial charge is 0.386 e. The third kappa shape index (κ3) is 4.57. The van der Waals surface area contributed by atoms with Gasteiger partial charge in [0.05, 0.1) is 6.10 Å². The number of aliphatic hydroxyl groups is 1. The van der Waals surface area contributed by atoms with E-state index in [-0.39, 0.29) is 18.0 Å². The number of halogens is 1. The summed E-state index contributed by atoms with van der Waals surface area (Å²) < 4.78 is 13.7. The van der Waals surface area contributed by atoms with Gasteiger partial charge in [-0.2, -0.15) is 0 Å². The summed E-state index contributed by atoms with van der Waals surface area (Å²) in [7, 11) is 0.